The van der Waals surface area contributed by atoms with Crippen LogP contribution in [0.25, 0.3) is 0 Å². The molecule has 148 valence electrons. The second-order valence-electron chi connectivity index (χ2n) is 6.79. The standard InChI is InChI=1S/C21H24N2O4S/c1-3-14(13-8-6-5-7-9-13)19(25)22-20-18(21(26)27)15-10-11-23(17(24)4-2)12-16(15)28-20/h5-9,14H,3-4,10-12H2,1-2H3,(H,22,25)(H,26,27). The van der Waals surface area contributed by atoms with Gasteiger partial charge in [-0.2, -0.15) is 0 Å². The van der Waals surface area contributed by atoms with E-state index in [9.17, 15) is 19.5 Å². The van der Waals surface area contributed by atoms with Crippen LogP contribution in [-0.4, -0.2) is 34.3 Å². The van der Waals surface area contributed by atoms with Crippen molar-refractivity contribution in [3.63, 3.8) is 0 Å². The number of carbonyl (C=O) groups is 3. The van der Waals surface area contributed by atoms with E-state index in [0.29, 0.717) is 37.4 Å². The van der Waals surface area contributed by atoms with Gasteiger partial charge in [-0.15, -0.1) is 11.3 Å². The maximum atomic E-state index is 12.9. The number of hydrogen-bond donors (Lipinski definition) is 2. The van der Waals surface area contributed by atoms with Gasteiger partial charge in [-0.1, -0.05) is 44.2 Å². The first-order valence-electron chi connectivity index (χ1n) is 9.47. The molecular formula is C21H24N2O4S. The Labute approximate surface area is 168 Å². The maximum Gasteiger partial charge on any atom is 0.339 e. The molecule has 1 atom stereocenters. The highest BCUT2D eigenvalue weighted by atomic mass is 32.1. The van der Waals surface area contributed by atoms with Gasteiger partial charge < -0.3 is 15.3 Å². The summed E-state index contributed by atoms with van der Waals surface area (Å²) < 4.78 is 0. The number of hydrogen-bond acceptors (Lipinski definition) is 4. The number of anilines is 1. The van der Waals surface area contributed by atoms with Crippen molar-refractivity contribution in [3.05, 3.63) is 51.9 Å². The zero-order valence-corrected chi connectivity index (χ0v) is 16.8. The number of carboxylic acid groups (broad SMARTS) is 1. The van der Waals surface area contributed by atoms with Gasteiger partial charge in [-0.05, 0) is 24.0 Å². The summed E-state index contributed by atoms with van der Waals surface area (Å²) >= 11 is 1.27. The van der Waals surface area contributed by atoms with Crippen LogP contribution < -0.4 is 5.32 Å². The highest BCUT2D eigenvalue weighted by molar-refractivity contribution is 7.17. The van der Waals surface area contributed by atoms with E-state index in [-0.39, 0.29) is 23.3 Å². The minimum absolute atomic E-state index is 0.0524. The number of benzene rings is 1. The Hall–Kier alpha value is -2.67. The summed E-state index contributed by atoms with van der Waals surface area (Å²) in [7, 11) is 0. The summed E-state index contributed by atoms with van der Waals surface area (Å²) in [6.45, 7) is 4.66. The Bertz CT molecular complexity index is 891. The van der Waals surface area contributed by atoms with Gasteiger partial charge in [0.05, 0.1) is 18.0 Å². The monoisotopic (exact) mass is 400 g/mol. The predicted molar refractivity (Wildman–Crippen MR) is 109 cm³/mol. The molecule has 0 saturated carbocycles. The topological polar surface area (TPSA) is 86.7 Å². The fourth-order valence-corrected chi connectivity index (χ4v) is 4.87. The van der Waals surface area contributed by atoms with Crippen LogP contribution in [-0.2, 0) is 22.6 Å². The molecule has 3 rings (SSSR count). The van der Waals surface area contributed by atoms with Crippen LogP contribution in [0.4, 0.5) is 5.00 Å². The van der Waals surface area contributed by atoms with Gasteiger partial charge in [-0.3, -0.25) is 9.59 Å². The molecule has 0 aliphatic carbocycles. The van der Waals surface area contributed by atoms with Gasteiger partial charge in [0, 0.05) is 17.8 Å². The van der Waals surface area contributed by atoms with Crippen molar-refractivity contribution < 1.29 is 19.5 Å². The molecule has 1 aliphatic heterocycles. The molecule has 6 nitrogen and oxygen atoms in total. The quantitative estimate of drug-likeness (QED) is 0.771. The molecule has 0 bridgehead atoms. The SMILES string of the molecule is CCC(=O)N1CCc2c(sc(NC(=O)C(CC)c3ccccc3)c2C(=O)O)C1. The number of fused-ring (bicyclic) bond motifs is 1. The minimum atomic E-state index is -1.05. The summed E-state index contributed by atoms with van der Waals surface area (Å²) in [4.78, 5) is 39.4. The average molecular weight is 401 g/mol. The van der Waals surface area contributed by atoms with E-state index in [1.54, 1.807) is 4.90 Å². The molecule has 2 aromatic rings. The number of aromatic carboxylic acids is 1. The molecule has 2 N–H and O–H groups in total. The summed E-state index contributed by atoms with van der Waals surface area (Å²) in [6, 6.07) is 9.47. The lowest BCUT2D eigenvalue weighted by Crippen LogP contribution is -2.35. The molecule has 2 amide bonds. The summed E-state index contributed by atoms with van der Waals surface area (Å²) in [6.07, 6.45) is 1.53. The molecule has 1 aromatic carbocycles. The van der Waals surface area contributed by atoms with Crippen molar-refractivity contribution in [1.29, 1.82) is 0 Å². The smallest absolute Gasteiger partial charge is 0.339 e. The van der Waals surface area contributed by atoms with Crippen molar-refractivity contribution >= 4 is 34.1 Å². The first-order chi connectivity index (χ1) is 13.5. The molecule has 28 heavy (non-hydrogen) atoms. The highest BCUT2D eigenvalue weighted by Crippen LogP contribution is 2.38. The zero-order chi connectivity index (χ0) is 20.3. The number of amides is 2. The van der Waals surface area contributed by atoms with Gasteiger partial charge in [0.1, 0.15) is 5.00 Å². The van der Waals surface area contributed by atoms with Crippen molar-refractivity contribution in [2.75, 3.05) is 11.9 Å². The van der Waals surface area contributed by atoms with Crippen LogP contribution in [0.15, 0.2) is 30.3 Å². The number of thiophene rings is 1. The Morgan fingerprint density at radius 3 is 2.54 bits per heavy atom. The summed E-state index contributed by atoms with van der Waals surface area (Å²) in [5, 5.41) is 12.9. The first-order valence-corrected chi connectivity index (χ1v) is 10.3. The first kappa shape index (κ1) is 20.1. The van der Waals surface area contributed by atoms with Crippen LogP contribution in [0.5, 0.6) is 0 Å². The molecule has 0 saturated heterocycles. The molecule has 7 heteroatoms. The van der Waals surface area contributed by atoms with Crippen LogP contribution >= 0.6 is 11.3 Å². The van der Waals surface area contributed by atoms with Gasteiger partial charge in [0.15, 0.2) is 0 Å². The Kier molecular flexibility index (Phi) is 6.14. The lowest BCUT2D eigenvalue weighted by molar-refractivity contribution is -0.131. The Morgan fingerprint density at radius 1 is 1.21 bits per heavy atom. The molecule has 1 aliphatic rings. The zero-order valence-electron chi connectivity index (χ0n) is 16.0. The van der Waals surface area contributed by atoms with Crippen LogP contribution in [0.3, 0.4) is 0 Å². The molecule has 1 unspecified atom stereocenters. The third-order valence-corrected chi connectivity index (χ3v) is 6.22. The fraction of sp³-hybridized carbons (Fsp3) is 0.381. The molecule has 2 heterocycles. The third kappa shape index (κ3) is 3.94. The van der Waals surface area contributed by atoms with E-state index in [1.165, 1.54) is 11.3 Å². The molecular weight excluding hydrogens is 376 g/mol. The van der Waals surface area contributed by atoms with E-state index >= 15 is 0 Å². The maximum absolute atomic E-state index is 12.9. The summed E-state index contributed by atoms with van der Waals surface area (Å²) in [5.74, 6) is -1.55. The molecule has 0 radical (unpaired) electrons. The minimum Gasteiger partial charge on any atom is -0.478 e. The van der Waals surface area contributed by atoms with Crippen molar-refractivity contribution in [2.45, 2.75) is 45.6 Å². The molecule has 0 spiro atoms. The third-order valence-electron chi connectivity index (χ3n) is 5.09. The largest absolute Gasteiger partial charge is 0.478 e. The predicted octanol–water partition coefficient (Wildman–Crippen LogP) is 3.87. The molecule has 0 fully saturated rings. The van der Waals surface area contributed by atoms with Crippen LogP contribution in [0, 0.1) is 0 Å². The average Bonchev–Trinajstić information content (AvgIpc) is 3.05. The number of nitrogens with zero attached hydrogens (tertiary/aromatic N) is 1. The van der Waals surface area contributed by atoms with Gasteiger partial charge >= 0.3 is 5.97 Å². The van der Waals surface area contributed by atoms with Crippen molar-refractivity contribution in [3.8, 4) is 0 Å². The van der Waals surface area contributed by atoms with Crippen molar-refractivity contribution in [1.82, 2.24) is 4.90 Å². The number of nitrogens with one attached hydrogen (secondary N) is 1. The second kappa shape index (κ2) is 8.56. The number of rotatable bonds is 6. The van der Waals surface area contributed by atoms with E-state index in [0.717, 1.165) is 16.0 Å². The van der Waals surface area contributed by atoms with Gasteiger partial charge in [0.2, 0.25) is 11.8 Å². The van der Waals surface area contributed by atoms with Crippen LogP contribution in [0.1, 0.15) is 59.0 Å². The lowest BCUT2D eigenvalue weighted by Gasteiger charge is -2.26. The Morgan fingerprint density at radius 2 is 1.93 bits per heavy atom. The second-order valence-corrected chi connectivity index (χ2v) is 7.90. The van der Waals surface area contributed by atoms with Gasteiger partial charge in [0.25, 0.3) is 0 Å². The van der Waals surface area contributed by atoms with E-state index in [1.807, 2.05) is 44.2 Å². The van der Waals surface area contributed by atoms with Crippen LogP contribution in [0.2, 0.25) is 0 Å². The highest BCUT2D eigenvalue weighted by Gasteiger charge is 2.30. The summed E-state index contributed by atoms with van der Waals surface area (Å²) in [5.41, 5.74) is 1.81. The fourth-order valence-electron chi connectivity index (χ4n) is 3.61. The molecule has 1 aromatic heterocycles. The van der Waals surface area contributed by atoms with E-state index in [4.69, 9.17) is 0 Å². The number of carboxylic acids is 1. The van der Waals surface area contributed by atoms with E-state index in [2.05, 4.69) is 5.32 Å². The van der Waals surface area contributed by atoms with E-state index < -0.39 is 5.97 Å². The normalized spacial score (nSPS) is 14.3. The lowest BCUT2D eigenvalue weighted by atomic mass is 9.95. The Balaban J connectivity index is 1.88. The van der Waals surface area contributed by atoms with Gasteiger partial charge in [-0.25, -0.2) is 4.79 Å². The van der Waals surface area contributed by atoms with Crippen molar-refractivity contribution in [2.24, 2.45) is 0 Å². The number of carbonyl (C=O) groups excluding carboxylic acids is 2.